The van der Waals surface area contributed by atoms with Gasteiger partial charge < -0.3 is 10.6 Å². The number of fused-ring (bicyclic) bond motifs is 1. The zero-order chi connectivity index (χ0) is 12.3. The molecule has 3 heteroatoms. The molecule has 0 saturated carbocycles. The second-order valence-corrected chi connectivity index (χ2v) is 5.67. The summed E-state index contributed by atoms with van der Waals surface area (Å²) < 4.78 is 1.38. The van der Waals surface area contributed by atoms with E-state index in [4.69, 9.17) is 5.73 Å². The van der Waals surface area contributed by atoms with Crippen LogP contribution in [0.4, 0.5) is 0 Å². The van der Waals surface area contributed by atoms with Crippen LogP contribution >= 0.6 is 11.3 Å². The molecular formula is C14H20N2S. The standard InChI is InChI=1S/C14H20N2S/c1-11(15)7-8-16(2)9-12-10-17-14-6-4-3-5-13(12)14/h3-6,10-11H,7-9,15H2,1-2H3. The fraction of sp³-hybridized carbons (Fsp3) is 0.429. The minimum atomic E-state index is 0.289. The highest BCUT2D eigenvalue weighted by atomic mass is 32.1. The summed E-state index contributed by atoms with van der Waals surface area (Å²) in [5.41, 5.74) is 7.21. The van der Waals surface area contributed by atoms with Gasteiger partial charge in [-0.15, -0.1) is 11.3 Å². The molecule has 1 aromatic carbocycles. The van der Waals surface area contributed by atoms with Crippen LogP contribution in [0.5, 0.6) is 0 Å². The highest BCUT2D eigenvalue weighted by Crippen LogP contribution is 2.26. The Morgan fingerprint density at radius 3 is 2.88 bits per heavy atom. The molecule has 0 aliphatic rings. The Kier molecular flexibility index (Phi) is 4.15. The van der Waals surface area contributed by atoms with E-state index in [0.29, 0.717) is 0 Å². The van der Waals surface area contributed by atoms with Gasteiger partial charge in [-0.1, -0.05) is 18.2 Å². The van der Waals surface area contributed by atoms with Crippen molar-refractivity contribution in [1.29, 1.82) is 0 Å². The maximum atomic E-state index is 5.78. The molecule has 1 heterocycles. The molecule has 2 N–H and O–H groups in total. The van der Waals surface area contributed by atoms with Gasteiger partial charge in [0, 0.05) is 17.3 Å². The van der Waals surface area contributed by atoms with Crippen LogP contribution in [0.2, 0.25) is 0 Å². The maximum Gasteiger partial charge on any atom is 0.0346 e. The number of thiophene rings is 1. The van der Waals surface area contributed by atoms with Crippen molar-refractivity contribution in [3.05, 3.63) is 35.2 Å². The SMILES string of the molecule is CC(N)CCN(C)Cc1csc2ccccc12. The summed E-state index contributed by atoms with van der Waals surface area (Å²) in [6, 6.07) is 8.89. The highest BCUT2D eigenvalue weighted by molar-refractivity contribution is 7.17. The molecule has 1 atom stereocenters. The quantitative estimate of drug-likeness (QED) is 0.881. The van der Waals surface area contributed by atoms with Gasteiger partial charge in [-0.25, -0.2) is 0 Å². The van der Waals surface area contributed by atoms with Crippen LogP contribution in [0.1, 0.15) is 18.9 Å². The predicted molar refractivity (Wildman–Crippen MR) is 76.4 cm³/mol. The number of nitrogens with two attached hydrogens (primary N) is 1. The second kappa shape index (κ2) is 5.63. The van der Waals surface area contributed by atoms with Crippen molar-refractivity contribution < 1.29 is 0 Å². The number of nitrogens with zero attached hydrogens (tertiary/aromatic N) is 1. The molecule has 17 heavy (non-hydrogen) atoms. The van der Waals surface area contributed by atoms with E-state index in [-0.39, 0.29) is 6.04 Å². The van der Waals surface area contributed by atoms with E-state index in [2.05, 4.69) is 48.5 Å². The molecule has 1 unspecified atom stereocenters. The lowest BCUT2D eigenvalue weighted by Gasteiger charge is -2.17. The van der Waals surface area contributed by atoms with Crippen LogP contribution in [0.3, 0.4) is 0 Å². The van der Waals surface area contributed by atoms with E-state index in [0.717, 1.165) is 19.5 Å². The van der Waals surface area contributed by atoms with Crippen LogP contribution in [0.25, 0.3) is 10.1 Å². The van der Waals surface area contributed by atoms with Gasteiger partial charge in [-0.05, 0) is 49.3 Å². The van der Waals surface area contributed by atoms with Gasteiger partial charge in [0.2, 0.25) is 0 Å². The number of rotatable bonds is 5. The number of hydrogen-bond donors (Lipinski definition) is 1. The predicted octanol–water partition coefficient (Wildman–Crippen LogP) is 3.07. The summed E-state index contributed by atoms with van der Waals surface area (Å²) in [7, 11) is 2.16. The summed E-state index contributed by atoms with van der Waals surface area (Å²) in [5.74, 6) is 0. The van der Waals surface area contributed by atoms with Crippen LogP contribution in [-0.4, -0.2) is 24.5 Å². The Morgan fingerprint density at radius 1 is 1.35 bits per heavy atom. The molecule has 1 aromatic heterocycles. The summed E-state index contributed by atoms with van der Waals surface area (Å²) in [6.45, 7) is 4.13. The minimum absolute atomic E-state index is 0.289. The third-order valence-electron chi connectivity index (χ3n) is 2.97. The Bertz CT molecular complexity index is 476. The summed E-state index contributed by atoms with van der Waals surface area (Å²) in [6.07, 6.45) is 1.05. The van der Waals surface area contributed by atoms with E-state index in [1.54, 1.807) is 0 Å². The molecule has 0 saturated heterocycles. The zero-order valence-corrected chi connectivity index (χ0v) is 11.3. The lowest BCUT2D eigenvalue weighted by molar-refractivity contribution is 0.315. The van der Waals surface area contributed by atoms with Gasteiger partial charge in [0.25, 0.3) is 0 Å². The van der Waals surface area contributed by atoms with Crippen LogP contribution in [-0.2, 0) is 6.54 Å². The molecule has 92 valence electrons. The van der Waals surface area contributed by atoms with Gasteiger partial charge in [-0.3, -0.25) is 0 Å². The smallest absolute Gasteiger partial charge is 0.0346 e. The first-order chi connectivity index (χ1) is 8.16. The maximum absolute atomic E-state index is 5.78. The molecular weight excluding hydrogens is 228 g/mol. The molecule has 2 rings (SSSR count). The lowest BCUT2D eigenvalue weighted by atomic mass is 10.1. The third-order valence-corrected chi connectivity index (χ3v) is 3.98. The summed E-state index contributed by atoms with van der Waals surface area (Å²) in [4.78, 5) is 2.35. The van der Waals surface area contributed by atoms with Crippen molar-refractivity contribution >= 4 is 21.4 Å². The lowest BCUT2D eigenvalue weighted by Crippen LogP contribution is -2.25. The molecule has 0 fully saturated rings. The topological polar surface area (TPSA) is 29.3 Å². The van der Waals surface area contributed by atoms with E-state index in [1.807, 2.05) is 11.3 Å². The van der Waals surface area contributed by atoms with Gasteiger partial charge >= 0.3 is 0 Å². The fourth-order valence-corrected chi connectivity index (χ4v) is 2.90. The minimum Gasteiger partial charge on any atom is -0.328 e. The normalized spacial score (nSPS) is 13.4. The molecule has 0 aliphatic carbocycles. The van der Waals surface area contributed by atoms with E-state index < -0.39 is 0 Å². The Balaban J connectivity index is 2.03. The monoisotopic (exact) mass is 248 g/mol. The molecule has 2 nitrogen and oxygen atoms in total. The Labute approximate surface area is 107 Å². The second-order valence-electron chi connectivity index (χ2n) is 4.76. The van der Waals surface area contributed by atoms with Crippen molar-refractivity contribution in [3.63, 3.8) is 0 Å². The average Bonchev–Trinajstić information content (AvgIpc) is 2.70. The zero-order valence-electron chi connectivity index (χ0n) is 10.5. The van der Waals surface area contributed by atoms with Crippen molar-refractivity contribution in [3.8, 4) is 0 Å². The van der Waals surface area contributed by atoms with E-state index in [9.17, 15) is 0 Å². The fourth-order valence-electron chi connectivity index (χ4n) is 1.95. The van der Waals surface area contributed by atoms with Gasteiger partial charge in [-0.2, -0.15) is 0 Å². The largest absolute Gasteiger partial charge is 0.328 e. The molecule has 2 aromatic rings. The highest BCUT2D eigenvalue weighted by Gasteiger charge is 2.06. The number of hydrogen-bond acceptors (Lipinski definition) is 3. The Morgan fingerprint density at radius 2 is 2.12 bits per heavy atom. The molecule has 0 aliphatic heterocycles. The van der Waals surface area contributed by atoms with Crippen LogP contribution in [0, 0.1) is 0 Å². The van der Waals surface area contributed by atoms with Crippen LogP contribution < -0.4 is 5.73 Å². The first kappa shape index (κ1) is 12.6. The first-order valence-electron chi connectivity index (χ1n) is 6.06. The summed E-state index contributed by atoms with van der Waals surface area (Å²) in [5, 5.41) is 3.66. The Hall–Kier alpha value is -0.900. The molecule has 0 bridgehead atoms. The van der Waals surface area contributed by atoms with Crippen molar-refractivity contribution in [2.45, 2.75) is 25.9 Å². The first-order valence-corrected chi connectivity index (χ1v) is 6.94. The van der Waals surface area contributed by atoms with Gasteiger partial charge in [0.15, 0.2) is 0 Å². The molecule has 0 amide bonds. The number of benzene rings is 1. The van der Waals surface area contributed by atoms with Crippen molar-refractivity contribution in [1.82, 2.24) is 4.90 Å². The average molecular weight is 248 g/mol. The van der Waals surface area contributed by atoms with Crippen LogP contribution in [0.15, 0.2) is 29.6 Å². The molecule has 0 spiro atoms. The third kappa shape index (κ3) is 3.28. The van der Waals surface area contributed by atoms with E-state index in [1.165, 1.54) is 15.6 Å². The summed E-state index contributed by atoms with van der Waals surface area (Å²) >= 11 is 1.83. The van der Waals surface area contributed by atoms with E-state index >= 15 is 0 Å². The van der Waals surface area contributed by atoms with Gasteiger partial charge in [0.1, 0.15) is 0 Å². The van der Waals surface area contributed by atoms with Crippen molar-refractivity contribution in [2.75, 3.05) is 13.6 Å². The van der Waals surface area contributed by atoms with Gasteiger partial charge in [0.05, 0.1) is 0 Å². The molecule has 0 radical (unpaired) electrons. The van der Waals surface area contributed by atoms with Crippen molar-refractivity contribution in [2.24, 2.45) is 5.73 Å².